The summed E-state index contributed by atoms with van der Waals surface area (Å²) in [4.78, 5) is 20.6. The van der Waals surface area contributed by atoms with Gasteiger partial charge in [0.15, 0.2) is 0 Å². The number of carbonyl (C=O) groups excluding carboxylic acids is 2. The molecule has 0 aliphatic heterocycles. The first kappa shape index (κ1) is 10.9. The molecule has 0 fully saturated rings. The van der Waals surface area contributed by atoms with Crippen LogP contribution in [0.25, 0.3) is 0 Å². The third-order valence-electron chi connectivity index (χ3n) is 1.29. The summed E-state index contributed by atoms with van der Waals surface area (Å²) in [7, 11) is 0. The second kappa shape index (κ2) is 5.50. The Bertz CT molecular complexity index is 153. The quantitative estimate of drug-likeness (QED) is 0.316. The largest absolute Gasteiger partial charge is 0.370 e. The molecule has 0 aromatic carbocycles. The molecule has 0 saturated carbocycles. The lowest BCUT2D eigenvalue weighted by Crippen LogP contribution is -2.36. The SMILES string of the molecule is NC(=O)CCN(N)CCC(N)=O. The Hall–Kier alpha value is -1.14. The Kier molecular flexibility index (Phi) is 4.98. The Balaban J connectivity index is 3.39. The van der Waals surface area contributed by atoms with Crippen LogP contribution in [0.3, 0.4) is 0 Å². The van der Waals surface area contributed by atoms with Gasteiger partial charge in [0, 0.05) is 25.9 Å². The molecule has 0 aliphatic carbocycles. The third-order valence-corrected chi connectivity index (χ3v) is 1.29. The van der Waals surface area contributed by atoms with Crippen molar-refractivity contribution in [1.82, 2.24) is 5.01 Å². The monoisotopic (exact) mass is 174 g/mol. The molecule has 6 nitrogen and oxygen atoms in total. The van der Waals surface area contributed by atoms with E-state index in [9.17, 15) is 9.59 Å². The molecule has 0 aromatic heterocycles. The van der Waals surface area contributed by atoms with Gasteiger partial charge in [-0.1, -0.05) is 0 Å². The summed E-state index contributed by atoms with van der Waals surface area (Å²) in [6.07, 6.45) is 0.379. The molecule has 0 spiro atoms. The van der Waals surface area contributed by atoms with E-state index in [1.807, 2.05) is 0 Å². The number of rotatable bonds is 6. The number of hydrazine groups is 1. The number of primary amides is 2. The van der Waals surface area contributed by atoms with E-state index in [1.165, 1.54) is 5.01 Å². The van der Waals surface area contributed by atoms with E-state index in [0.29, 0.717) is 13.1 Å². The molecule has 2 amide bonds. The van der Waals surface area contributed by atoms with E-state index < -0.39 is 11.8 Å². The number of carbonyl (C=O) groups is 2. The van der Waals surface area contributed by atoms with Gasteiger partial charge in [-0.25, -0.2) is 5.01 Å². The number of nitrogens with zero attached hydrogens (tertiary/aromatic N) is 1. The summed E-state index contributed by atoms with van der Waals surface area (Å²) >= 11 is 0. The van der Waals surface area contributed by atoms with E-state index in [-0.39, 0.29) is 12.8 Å². The molecule has 6 N–H and O–H groups in total. The fraction of sp³-hybridized carbons (Fsp3) is 0.667. The van der Waals surface area contributed by atoms with Gasteiger partial charge in [-0.05, 0) is 0 Å². The van der Waals surface area contributed by atoms with Crippen molar-refractivity contribution in [2.45, 2.75) is 12.8 Å². The minimum atomic E-state index is -0.412. The van der Waals surface area contributed by atoms with Gasteiger partial charge < -0.3 is 11.5 Å². The smallest absolute Gasteiger partial charge is 0.218 e. The van der Waals surface area contributed by atoms with Crippen molar-refractivity contribution < 1.29 is 9.59 Å². The molecule has 0 radical (unpaired) electrons. The molecule has 0 aliphatic rings. The lowest BCUT2D eigenvalue weighted by atomic mass is 10.3. The zero-order valence-electron chi connectivity index (χ0n) is 6.82. The van der Waals surface area contributed by atoms with Gasteiger partial charge in [-0.2, -0.15) is 0 Å². The number of hydrogen-bond acceptors (Lipinski definition) is 4. The minimum Gasteiger partial charge on any atom is -0.370 e. The summed E-state index contributed by atoms with van der Waals surface area (Å²) in [5.41, 5.74) is 9.77. The zero-order valence-corrected chi connectivity index (χ0v) is 6.82. The van der Waals surface area contributed by atoms with Crippen molar-refractivity contribution in [3.63, 3.8) is 0 Å². The molecule has 6 heteroatoms. The molecular formula is C6H14N4O2. The third kappa shape index (κ3) is 6.97. The van der Waals surface area contributed by atoms with Crippen molar-refractivity contribution in [3.8, 4) is 0 Å². The normalized spacial score (nSPS) is 10.2. The molecule has 0 unspecified atom stereocenters. The van der Waals surface area contributed by atoms with E-state index in [0.717, 1.165) is 0 Å². The lowest BCUT2D eigenvalue weighted by Gasteiger charge is -2.13. The van der Waals surface area contributed by atoms with Crippen LogP contribution in [-0.2, 0) is 9.59 Å². The van der Waals surface area contributed by atoms with Crippen LogP contribution in [0.1, 0.15) is 12.8 Å². The van der Waals surface area contributed by atoms with Crippen molar-refractivity contribution in [3.05, 3.63) is 0 Å². The van der Waals surface area contributed by atoms with Crippen LogP contribution >= 0.6 is 0 Å². The van der Waals surface area contributed by atoms with Crippen LogP contribution in [-0.4, -0.2) is 29.9 Å². The Morgan fingerprint density at radius 2 is 1.33 bits per heavy atom. The highest BCUT2D eigenvalue weighted by Gasteiger charge is 2.02. The first-order valence-corrected chi connectivity index (χ1v) is 3.58. The molecule has 0 heterocycles. The maximum absolute atomic E-state index is 10.3. The standard InChI is InChI=1S/C6H14N4O2/c7-5(11)1-3-10(9)4-2-6(8)12/h1-4,9H2,(H2,7,11)(H2,8,12). The Labute approximate surface area is 70.6 Å². The van der Waals surface area contributed by atoms with Crippen molar-refractivity contribution in [2.24, 2.45) is 17.3 Å². The highest BCUT2D eigenvalue weighted by atomic mass is 16.1. The molecule has 0 saturated heterocycles. The average molecular weight is 174 g/mol. The summed E-state index contributed by atoms with van der Waals surface area (Å²) in [6, 6.07) is 0. The molecule has 0 aromatic rings. The summed E-state index contributed by atoms with van der Waals surface area (Å²) in [5.74, 6) is 4.56. The van der Waals surface area contributed by atoms with Crippen LogP contribution in [0, 0.1) is 0 Å². The first-order chi connectivity index (χ1) is 5.52. The maximum Gasteiger partial charge on any atom is 0.218 e. The van der Waals surface area contributed by atoms with Crippen LogP contribution in [0.4, 0.5) is 0 Å². The van der Waals surface area contributed by atoms with E-state index in [2.05, 4.69) is 0 Å². The zero-order chi connectivity index (χ0) is 9.56. The topological polar surface area (TPSA) is 115 Å². The maximum atomic E-state index is 10.3. The van der Waals surface area contributed by atoms with Crippen LogP contribution in [0.5, 0.6) is 0 Å². The fourth-order valence-corrected chi connectivity index (χ4v) is 0.619. The molecular weight excluding hydrogens is 160 g/mol. The van der Waals surface area contributed by atoms with Gasteiger partial charge in [0.1, 0.15) is 0 Å². The predicted octanol–water partition coefficient (Wildman–Crippen LogP) is -2.09. The molecule has 12 heavy (non-hydrogen) atoms. The minimum absolute atomic E-state index is 0.190. The van der Waals surface area contributed by atoms with Gasteiger partial charge in [0.2, 0.25) is 11.8 Å². The second-order valence-corrected chi connectivity index (χ2v) is 2.47. The lowest BCUT2D eigenvalue weighted by molar-refractivity contribution is -0.118. The molecule has 0 bridgehead atoms. The number of nitrogens with two attached hydrogens (primary N) is 3. The second-order valence-electron chi connectivity index (χ2n) is 2.47. The summed E-state index contributed by atoms with van der Waals surface area (Å²) in [6.45, 7) is 0.700. The summed E-state index contributed by atoms with van der Waals surface area (Å²) in [5, 5.41) is 1.34. The van der Waals surface area contributed by atoms with Crippen molar-refractivity contribution in [1.29, 1.82) is 0 Å². The molecule has 0 atom stereocenters. The average Bonchev–Trinajstić information content (AvgIpc) is 1.96. The number of hydrogen-bond donors (Lipinski definition) is 3. The molecule has 0 rings (SSSR count). The fourth-order valence-electron chi connectivity index (χ4n) is 0.619. The van der Waals surface area contributed by atoms with Crippen LogP contribution in [0.15, 0.2) is 0 Å². The van der Waals surface area contributed by atoms with Gasteiger partial charge in [-0.3, -0.25) is 15.4 Å². The first-order valence-electron chi connectivity index (χ1n) is 3.58. The molecule has 70 valence electrons. The van der Waals surface area contributed by atoms with E-state index in [1.54, 1.807) is 0 Å². The van der Waals surface area contributed by atoms with E-state index in [4.69, 9.17) is 17.3 Å². The van der Waals surface area contributed by atoms with Gasteiger partial charge in [0.25, 0.3) is 0 Å². The van der Waals surface area contributed by atoms with Gasteiger partial charge in [-0.15, -0.1) is 0 Å². The highest BCUT2D eigenvalue weighted by Crippen LogP contribution is 1.85. The van der Waals surface area contributed by atoms with Gasteiger partial charge in [0.05, 0.1) is 0 Å². The summed E-state index contributed by atoms with van der Waals surface area (Å²) < 4.78 is 0. The predicted molar refractivity (Wildman–Crippen MR) is 43.4 cm³/mol. The van der Waals surface area contributed by atoms with Crippen LogP contribution in [0.2, 0.25) is 0 Å². The number of amides is 2. The van der Waals surface area contributed by atoms with Crippen molar-refractivity contribution >= 4 is 11.8 Å². The van der Waals surface area contributed by atoms with E-state index >= 15 is 0 Å². The van der Waals surface area contributed by atoms with Crippen LogP contribution < -0.4 is 17.3 Å². The highest BCUT2D eigenvalue weighted by molar-refractivity contribution is 5.74. The van der Waals surface area contributed by atoms with Gasteiger partial charge >= 0.3 is 0 Å². The Morgan fingerprint density at radius 1 is 1.00 bits per heavy atom. The Morgan fingerprint density at radius 3 is 1.58 bits per heavy atom. The van der Waals surface area contributed by atoms with Crippen molar-refractivity contribution in [2.75, 3.05) is 13.1 Å².